The van der Waals surface area contributed by atoms with E-state index in [0.29, 0.717) is 0 Å². The molecule has 0 heterocycles. The van der Waals surface area contributed by atoms with E-state index in [9.17, 15) is 4.79 Å². The van der Waals surface area contributed by atoms with E-state index in [0.717, 1.165) is 0 Å². The zero-order chi connectivity index (χ0) is 10.4. The normalized spacial score (nSPS) is 23.8. The Morgan fingerprint density at radius 3 is 1.92 bits per heavy atom. The molecule has 0 aliphatic heterocycles. The number of hydrogen-bond acceptors (Lipinski definition) is 2. The summed E-state index contributed by atoms with van der Waals surface area (Å²) in [5.74, 6) is -1.35. The van der Waals surface area contributed by atoms with E-state index >= 15 is 0 Å². The quantitative estimate of drug-likeness (QED) is 0.435. The maximum Gasteiger partial charge on any atom is 0.320 e. The van der Waals surface area contributed by atoms with Crippen molar-refractivity contribution in [1.82, 2.24) is 0 Å². The van der Waals surface area contributed by atoms with Gasteiger partial charge in [-0.25, -0.2) is 0 Å². The highest BCUT2D eigenvalue weighted by Crippen LogP contribution is 2.69. The Kier molecular flexibility index (Phi) is 2.81. The van der Waals surface area contributed by atoms with Crippen molar-refractivity contribution < 1.29 is 9.53 Å². The third-order valence-electron chi connectivity index (χ3n) is 1.60. The predicted octanol–water partition coefficient (Wildman–Crippen LogP) is 3.04. The van der Waals surface area contributed by atoms with Gasteiger partial charge in [0.2, 0.25) is 0 Å². The van der Waals surface area contributed by atoms with Crippen molar-refractivity contribution >= 4 is 52.4 Å². The molecule has 0 aromatic rings. The fraction of sp³-hybridized carbons (Fsp3) is 0.571. The van der Waals surface area contributed by atoms with Crippen LogP contribution in [0.2, 0.25) is 0 Å². The minimum Gasteiger partial charge on any atom is -0.432 e. The molecule has 0 amide bonds. The van der Waals surface area contributed by atoms with Gasteiger partial charge in [0.25, 0.3) is 0 Å². The minimum atomic E-state index is -1.47. The average Bonchev–Trinajstić information content (AvgIpc) is 2.20. The van der Waals surface area contributed by atoms with Gasteiger partial charge in [-0.05, 0) is 6.92 Å². The molecular weight excluding hydrogens is 258 g/mol. The molecule has 0 radical (unpaired) electrons. The second kappa shape index (κ2) is 3.20. The lowest BCUT2D eigenvalue weighted by molar-refractivity contribution is -0.140. The van der Waals surface area contributed by atoms with Crippen LogP contribution in [0.15, 0.2) is 12.3 Å². The van der Waals surface area contributed by atoms with Crippen LogP contribution in [-0.2, 0) is 9.53 Å². The average molecular weight is 264 g/mol. The molecule has 13 heavy (non-hydrogen) atoms. The highest BCUT2D eigenvalue weighted by molar-refractivity contribution is 6.69. The van der Waals surface area contributed by atoms with Crippen LogP contribution >= 0.6 is 46.4 Å². The topological polar surface area (TPSA) is 26.3 Å². The van der Waals surface area contributed by atoms with Crippen LogP contribution in [0.5, 0.6) is 0 Å². The SMILES string of the molecule is C=C(C)OC(=O)C1C(Cl)(Cl)C1(Cl)Cl. The van der Waals surface area contributed by atoms with Crippen molar-refractivity contribution in [1.29, 1.82) is 0 Å². The minimum absolute atomic E-state index is 0.241. The van der Waals surface area contributed by atoms with Gasteiger partial charge < -0.3 is 4.74 Å². The van der Waals surface area contributed by atoms with Gasteiger partial charge in [-0.2, -0.15) is 0 Å². The van der Waals surface area contributed by atoms with Gasteiger partial charge in [0.15, 0.2) is 8.67 Å². The summed E-state index contributed by atoms with van der Waals surface area (Å²) in [7, 11) is 0. The van der Waals surface area contributed by atoms with Crippen molar-refractivity contribution in [3.63, 3.8) is 0 Å². The molecule has 0 unspecified atom stereocenters. The van der Waals surface area contributed by atoms with Crippen molar-refractivity contribution in [3.8, 4) is 0 Å². The van der Waals surface area contributed by atoms with Gasteiger partial charge in [0.1, 0.15) is 5.92 Å². The van der Waals surface area contributed by atoms with Gasteiger partial charge >= 0.3 is 5.97 Å². The molecule has 0 spiro atoms. The molecular formula is C7H6Cl4O2. The maximum atomic E-state index is 11.2. The summed E-state index contributed by atoms with van der Waals surface area (Å²) in [6, 6.07) is 0. The number of carbonyl (C=O) groups excluding carboxylic acids is 1. The Bertz CT molecular complexity index is 258. The first-order valence-electron chi connectivity index (χ1n) is 3.34. The Hall–Kier alpha value is 0.370. The summed E-state index contributed by atoms with van der Waals surface area (Å²) < 4.78 is 1.74. The molecule has 1 aliphatic carbocycles. The second-order valence-corrected chi connectivity index (χ2v) is 5.57. The van der Waals surface area contributed by atoms with Gasteiger partial charge in [-0.15, -0.1) is 0 Å². The van der Waals surface area contributed by atoms with Crippen LogP contribution in [0.3, 0.4) is 0 Å². The Morgan fingerprint density at radius 2 is 1.69 bits per heavy atom. The molecule has 2 nitrogen and oxygen atoms in total. The third-order valence-corrected chi connectivity index (χ3v) is 4.05. The highest BCUT2D eigenvalue weighted by Gasteiger charge is 2.80. The third kappa shape index (κ3) is 1.78. The zero-order valence-electron chi connectivity index (χ0n) is 6.61. The molecule has 1 rings (SSSR count). The first-order valence-corrected chi connectivity index (χ1v) is 4.85. The number of allylic oxidation sites excluding steroid dienone is 1. The van der Waals surface area contributed by atoms with Crippen LogP contribution in [0.1, 0.15) is 6.92 Å². The van der Waals surface area contributed by atoms with Gasteiger partial charge in [-0.1, -0.05) is 53.0 Å². The molecule has 74 valence electrons. The number of carbonyl (C=O) groups is 1. The zero-order valence-corrected chi connectivity index (χ0v) is 9.64. The molecule has 1 aliphatic rings. The predicted molar refractivity (Wildman–Crippen MR) is 53.3 cm³/mol. The largest absolute Gasteiger partial charge is 0.432 e. The number of esters is 1. The maximum absolute atomic E-state index is 11.2. The molecule has 0 N–H and O–H groups in total. The van der Waals surface area contributed by atoms with E-state index in [4.69, 9.17) is 46.4 Å². The fourth-order valence-corrected chi connectivity index (χ4v) is 2.32. The lowest BCUT2D eigenvalue weighted by atomic mass is 10.4. The van der Waals surface area contributed by atoms with Crippen LogP contribution in [0, 0.1) is 5.92 Å². The van der Waals surface area contributed by atoms with Crippen LogP contribution < -0.4 is 0 Å². The van der Waals surface area contributed by atoms with E-state index in [1.54, 1.807) is 0 Å². The monoisotopic (exact) mass is 262 g/mol. The first kappa shape index (κ1) is 11.4. The number of hydrogen-bond donors (Lipinski definition) is 0. The van der Waals surface area contributed by atoms with E-state index in [2.05, 4.69) is 11.3 Å². The number of ether oxygens (including phenoxy) is 1. The molecule has 0 aromatic carbocycles. The summed E-state index contributed by atoms with van der Waals surface area (Å²) in [4.78, 5) is 11.2. The Balaban J connectivity index is 2.68. The summed E-state index contributed by atoms with van der Waals surface area (Å²) in [6.45, 7) is 4.91. The van der Waals surface area contributed by atoms with Crippen molar-refractivity contribution in [2.45, 2.75) is 15.6 Å². The van der Waals surface area contributed by atoms with Crippen LogP contribution in [0.4, 0.5) is 0 Å². The smallest absolute Gasteiger partial charge is 0.320 e. The standard InChI is InChI=1S/C7H6Cl4O2/c1-3(2)13-5(12)4-6(8,9)7(4,10)11/h4H,1H2,2H3. The molecule has 0 saturated heterocycles. The van der Waals surface area contributed by atoms with E-state index in [1.165, 1.54) is 6.92 Å². The van der Waals surface area contributed by atoms with E-state index < -0.39 is 20.6 Å². The van der Waals surface area contributed by atoms with Crippen LogP contribution in [0.25, 0.3) is 0 Å². The van der Waals surface area contributed by atoms with Gasteiger partial charge in [0.05, 0.1) is 5.76 Å². The second-order valence-electron chi connectivity index (χ2n) is 2.80. The van der Waals surface area contributed by atoms with Crippen molar-refractivity contribution in [2.24, 2.45) is 5.92 Å². The first-order chi connectivity index (χ1) is 5.71. The number of alkyl halides is 4. The molecule has 0 bridgehead atoms. The summed E-state index contributed by atoms with van der Waals surface area (Å²) in [6.07, 6.45) is 0. The Morgan fingerprint density at radius 1 is 1.31 bits per heavy atom. The molecule has 6 heteroatoms. The molecule has 1 saturated carbocycles. The fourth-order valence-electron chi connectivity index (χ4n) is 0.869. The lowest BCUT2D eigenvalue weighted by Crippen LogP contribution is -2.10. The molecule has 0 atom stereocenters. The summed E-state index contributed by atoms with van der Waals surface area (Å²) >= 11 is 22.6. The Labute approximate surface area is 95.7 Å². The van der Waals surface area contributed by atoms with Gasteiger partial charge in [-0.3, -0.25) is 4.79 Å². The van der Waals surface area contributed by atoms with E-state index in [-0.39, 0.29) is 5.76 Å². The molecule has 0 aromatic heterocycles. The van der Waals surface area contributed by atoms with E-state index in [1.807, 2.05) is 0 Å². The van der Waals surface area contributed by atoms with Crippen molar-refractivity contribution in [2.75, 3.05) is 0 Å². The van der Waals surface area contributed by atoms with Crippen LogP contribution in [-0.4, -0.2) is 14.6 Å². The summed E-state index contributed by atoms with van der Waals surface area (Å²) in [5.41, 5.74) is 0. The van der Waals surface area contributed by atoms with Crippen molar-refractivity contribution in [3.05, 3.63) is 12.3 Å². The lowest BCUT2D eigenvalue weighted by Gasteiger charge is -2.00. The molecule has 1 fully saturated rings. The number of halogens is 4. The number of rotatable bonds is 2. The summed E-state index contributed by atoms with van der Waals surface area (Å²) in [5, 5.41) is 0. The van der Waals surface area contributed by atoms with Gasteiger partial charge in [0, 0.05) is 0 Å². The highest BCUT2D eigenvalue weighted by atomic mass is 35.5.